The molecule has 0 unspecified atom stereocenters. The summed E-state index contributed by atoms with van der Waals surface area (Å²) >= 11 is 5.47. The minimum atomic E-state index is -0.0162. The van der Waals surface area contributed by atoms with Gasteiger partial charge in [0.15, 0.2) is 0 Å². The third kappa shape index (κ3) is 5.41. The quantitative estimate of drug-likeness (QED) is 0.623. The summed E-state index contributed by atoms with van der Waals surface area (Å²) in [7, 11) is 1.61. The minimum absolute atomic E-state index is 0.0162. The molecule has 1 aromatic carbocycles. The second kappa shape index (κ2) is 7.74. The van der Waals surface area contributed by atoms with Crippen molar-refractivity contribution in [2.24, 2.45) is 0 Å². The van der Waals surface area contributed by atoms with Gasteiger partial charge in [-0.05, 0) is 17.7 Å². The fraction of sp³-hybridized carbons (Fsp3) is 0.308. The number of rotatable bonds is 6. The molecule has 0 aliphatic heterocycles. The largest absolute Gasteiger partial charge is 0.497 e. The van der Waals surface area contributed by atoms with Crippen LogP contribution in [0.15, 0.2) is 36.4 Å². The Hall–Kier alpha value is -1.48. The molecule has 3 nitrogen and oxygen atoms in total. The minimum Gasteiger partial charge on any atom is -0.497 e. The lowest BCUT2D eigenvalue weighted by atomic mass is 10.1. The van der Waals surface area contributed by atoms with Crippen LogP contribution in [0.4, 0.5) is 0 Å². The van der Waals surface area contributed by atoms with E-state index < -0.39 is 0 Å². The molecule has 0 atom stereocenters. The number of carbonyl (C=O) groups is 1. The highest BCUT2D eigenvalue weighted by molar-refractivity contribution is 6.18. The number of nitrogens with one attached hydrogen (secondary N) is 1. The van der Waals surface area contributed by atoms with Crippen molar-refractivity contribution in [1.82, 2.24) is 5.32 Å². The van der Waals surface area contributed by atoms with Crippen LogP contribution < -0.4 is 10.1 Å². The number of carbonyl (C=O) groups excluding carboxylic acids is 1. The average Bonchev–Trinajstić information content (AvgIpc) is 2.35. The van der Waals surface area contributed by atoms with E-state index in [9.17, 15) is 4.79 Å². The predicted octanol–water partition coefficient (Wildman–Crippen LogP) is 2.15. The Bertz CT molecular complexity index is 391. The smallest absolute Gasteiger partial charge is 0.224 e. The Labute approximate surface area is 106 Å². The number of alkyl halides is 1. The van der Waals surface area contributed by atoms with Crippen LogP contribution in [0.5, 0.6) is 5.75 Å². The molecule has 0 aliphatic rings. The van der Waals surface area contributed by atoms with Crippen molar-refractivity contribution in [3.8, 4) is 5.75 Å². The van der Waals surface area contributed by atoms with E-state index in [1.165, 1.54) is 0 Å². The van der Waals surface area contributed by atoms with Crippen LogP contribution in [-0.2, 0) is 11.2 Å². The van der Waals surface area contributed by atoms with E-state index in [-0.39, 0.29) is 5.91 Å². The zero-order valence-electron chi connectivity index (χ0n) is 9.78. The molecular weight excluding hydrogens is 238 g/mol. The van der Waals surface area contributed by atoms with Crippen molar-refractivity contribution in [2.75, 3.05) is 19.5 Å². The van der Waals surface area contributed by atoms with Crippen molar-refractivity contribution in [2.45, 2.75) is 6.42 Å². The normalized spacial score (nSPS) is 10.5. The fourth-order valence-corrected chi connectivity index (χ4v) is 1.48. The zero-order chi connectivity index (χ0) is 12.5. The molecule has 0 radical (unpaired) electrons. The van der Waals surface area contributed by atoms with Crippen LogP contribution >= 0.6 is 11.6 Å². The standard InChI is InChI=1S/C13H16ClNO2/c1-17-12-6-4-5-11(9-12)10-13(16)15-8-3-2-7-14/h2-6,9H,7-8,10H2,1H3,(H,15,16)/b3-2+. The molecule has 0 spiro atoms. The first-order chi connectivity index (χ1) is 8.26. The van der Waals surface area contributed by atoms with Crippen LogP contribution in [0.1, 0.15) is 5.56 Å². The molecule has 1 amide bonds. The number of methoxy groups -OCH3 is 1. The molecule has 0 saturated heterocycles. The summed E-state index contributed by atoms with van der Waals surface area (Å²) in [6, 6.07) is 7.48. The van der Waals surface area contributed by atoms with Gasteiger partial charge in [0.05, 0.1) is 13.5 Å². The molecule has 0 saturated carbocycles. The molecule has 0 aromatic heterocycles. The van der Waals surface area contributed by atoms with Gasteiger partial charge in [-0.2, -0.15) is 0 Å². The molecule has 0 bridgehead atoms. The molecule has 1 N–H and O–H groups in total. The highest BCUT2D eigenvalue weighted by Crippen LogP contribution is 2.12. The van der Waals surface area contributed by atoms with Crippen LogP contribution in [0.2, 0.25) is 0 Å². The van der Waals surface area contributed by atoms with E-state index in [1.807, 2.05) is 30.3 Å². The first kappa shape index (κ1) is 13.6. The maximum absolute atomic E-state index is 11.6. The van der Waals surface area contributed by atoms with Gasteiger partial charge in [-0.25, -0.2) is 0 Å². The summed E-state index contributed by atoms with van der Waals surface area (Å²) in [5, 5.41) is 2.78. The number of halogens is 1. The highest BCUT2D eigenvalue weighted by atomic mass is 35.5. The van der Waals surface area contributed by atoms with Gasteiger partial charge >= 0.3 is 0 Å². The molecule has 0 fully saturated rings. The Morgan fingerprint density at radius 1 is 1.47 bits per heavy atom. The van der Waals surface area contributed by atoms with Gasteiger partial charge in [-0.3, -0.25) is 4.79 Å². The van der Waals surface area contributed by atoms with E-state index in [2.05, 4.69) is 5.32 Å². The van der Waals surface area contributed by atoms with Crippen molar-refractivity contribution in [3.63, 3.8) is 0 Å². The van der Waals surface area contributed by atoms with Gasteiger partial charge in [0.25, 0.3) is 0 Å². The summed E-state index contributed by atoms with van der Waals surface area (Å²) in [5.74, 6) is 1.21. The Balaban J connectivity index is 2.42. The first-order valence-electron chi connectivity index (χ1n) is 5.37. The van der Waals surface area contributed by atoms with E-state index in [1.54, 1.807) is 13.2 Å². The summed E-state index contributed by atoms with van der Waals surface area (Å²) < 4.78 is 5.09. The maximum Gasteiger partial charge on any atom is 0.224 e. The van der Waals surface area contributed by atoms with Crippen molar-refractivity contribution in [1.29, 1.82) is 0 Å². The monoisotopic (exact) mass is 253 g/mol. The van der Waals surface area contributed by atoms with E-state index in [4.69, 9.17) is 16.3 Å². The number of allylic oxidation sites excluding steroid dienone is 1. The third-order valence-corrected chi connectivity index (χ3v) is 2.35. The first-order valence-corrected chi connectivity index (χ1v) is 5.90. The lowest BCUT2D eigenvalue weighted by Crippen LogP contribution is -2.25. The molecule has 0 heterocycles. The van der Waals surface area contributed by atoms with Crippen molar-refractivity contribution < 1.29 is 9.53 Å². The van der Waals surface area contributed by atoms with Gasteiger partial charge in [0, 0.05) is 12.4 Å². The number of amides is 1. The van der Waals surface area contributed by atoms with Crippen LogP contribution in [-0.4, -0.2) is 25.4 Å². The van der Waals surface area contributed by atoms with Crippen LogP contribution in [0, 0.1) is 0 Å². The predicted molar refractivity (Wildman–Crippen MR) is 69.6 cm³/mol. The number of ether oxygens (including phenoxy) is 1. The van der Waals surface area contributed by atoms with Crippen LogP contribution in [0.3, 0.4) is 0 Å². The van der Waals surface area contributed by atoms with Gasteiger partial charge in [0.2, 0.25) is 5.91 Å². The lowest BCUT2D eigenvalue weighted by molar-refractivity contribution is -0.120. The number of hydrogen-bond donors (Lipinski definition) is 1. The number of benzene rings is 1. The van der Waals surface area contributed by atoms with Gasteiger partial charge in [0.1, 0.15) is 5.75 Å². The van der Waals surface area contributed by atoms with Gasteiger partial charge in [-0.15, -0.1) is 11.6 Å². The van der Waals surface area contributed by atoms with Gasteiger partial charge in [-0.1, -0.05) is 24.3 Å². The van der Waals surface area contributed by atoms with Gasteiger partial charge < -0.3 is 10.1 Å². The third-order valence-electron chi connectivity index (χ3n) is 2.17. The Morgan fingerprint density at radius 3 is 3.00 bits per heavy atom. The second-order valence-corrected chi connectivity index (χ2v) is 3.77. The topological polar surface area (TPSA) is 38.3 Å². The molecule has 92 valence electrons. The molecule has 17 heavy (non-hydrogen) atoms. The molecule has 1 rings (SSSR count). The summed E-state index contributed by atoms with van der Waals surface area (Å²) in [4.78, 5) is 11.6. The Morgan fingerprint density at radius 2 is 2.29 bits per heavy atom. The summed E-state index contributed by atoms with van der Waals surface area (Å²) in [6.07, 6.45) is 3.98. The highest BCUT2D eigenvalue weighted by Gasteiger charge is 2.02. The molecule has 1 aromatic rings. The molecular formula is C13H16ClNO2. The molecule has 0 aliphatic carbocycles. The second-order valence-electron chi connectivity index (χ2n) is 3.46. The van der Waals surface area contributed by atoms with E-state index in [0.29, 0.717) is 18.8 Å². The SMILES string of the molecule is COc1cccc(CC(=O)NC/C=C/CCl)c1. The molecule has 4 heteroatoms. The fourth-order valence-electron chi connectivity index (χ4n) is 1.35. The lowest BCUT2D eigenvalue weighted by Gasteiger charge is -2.04. The summed E-state index contributed by atoms with van der Waals surface area (Å²) in [6.45, 7) is 0.509. The van der Waals surface area contributed by atoms with Crippen LogP contribution in [0.25, 0.3) is 0 Å². The van der Waals surface area contributed by atoms with E-state index in [0.717, 1.165) is 11.3 Å². The Kier molecular flexibility index (Phi) is 6.18. The van der Waals surface area contributed by atoms with Crippen molar-refractivity contribution in [3.05, 3.63) is 42.0 Å². The average molecular weight is 254 g/mol. The maximum atomic E-state index is 11.6. The zero-order valence-corrected chi connectivity index (χ0v) is 10.5. The number of hydrogen-bond acceptors (Lipinski definition) is 2. The summed E-state index contributed by atoms with van der Waals surface area (Å²) in [5.41, 5.74) is 0.933. The van der Waals surface area contributed by atoms with E-state index >= 15 is 0 Å². The van der Waals surface area contributed by atoms with Crippen molar-refractivity contribution >= 4 is 17.5 Å².